The van der Waals surface area contributed by atoms with Gasteiger partial charge in [-0.05, 0) is 58.5 Å². The molecule has 2 aliphatic carbocycles. The summed E-state index contributed by atoms with van der Waals surface area (Å²) < 4.78 is 6.27. The van der Waals surface area contributed by atoms with Crippen molar-refractivity contribution >= 4 is 5.91 Å². The van der Waals surface area contributed by atoms with E-state index in [0.29, 0.717) is 0 Å². The van der Waals surface area contributed by atoms with E-state index in [9.17, 15) is 4.79 Å². The van der Waals surface area contributed by atoms with Crippen molar-refractivity contribution in [3.8, 4) is 0 Å². The fourth-order valence-electron chi connectivity index (χ4n) is 3.77. The number of amides is 1. The molecule has 1 saturated heterocycles. The molecule has 3 aliphatic rings. The van der Waals surface area contributed by atoms with Crippen LogP contribution >= 0.6 is 0 Å². The van der Waals surface area contributed by atoms with Crippen LogP contribution in [0, 0.1) is 5.92 Å². The topological polar surface area (TPSA) is 41.6 Å². The summed E-state index contributed by atoms with van der Waals surface area (Å²) >= 11 is 0. The van der Waals surface area contributed by atoms with Gasteiger partial charge in [0, 0.05) is 13.1 Å². The molecule has 0 unspecified atom stereocenters. The van der Waals surface area contributed by atoms with Gasteiger partial charge in [-0.25, -0.2) is 0 Å². The normalized spacial score (nSPS) is 24.7. The van der Waals surface area contributed by atoms with Crippen molar-refractivity contribution in [2.75, 3.05) is 26.7 Å². The molecule has 4 heteroatoms. The molecule has 134 valence electrons. The molecule has 0 aromatic carbocycles. The van der Waals surface area contributed by atoms with E-state index in [-0.39, 0.29) is 17.1 Å². The molecule has 0 bridgehead atoms. The zero-order valence-corrected chi connectivity index (χ0v) is 15.6. The highest BCUT2D eigenvalue weighted by Crippen LogP contribution is 2.50. The summed E-state index contributed by atoms with van der Waals surface area (Å²) in [6, 6.07) is 0. The number of carbonyl (C=O) groups excluding carboxylic acids is 1. The van der Waals surface area contributed by atoms with Crippen LogP contribution in [0.15, 0.2) is 0 Å². The lowest BCUT2D eigenvalue weighted by Gasteiger charge is -2.48. The van der Waals surface area contributed by atoms with Crippen LogP contribution in [0.5, 0.6) is 0 Å². The van der Waals surface area contributed by atoms with Gasteiger partial charge in [-0.1, -0.05) is 33.1 Å². The standard InChI is InChI=1S/C13H21NO2.C6H15N/c1-2-14-10-12(6-4-3-5-7-12)16-13(8-9-13)11(14)15;1-6(2)4-5-7-3/h2-10H2,1H3;6-7H,4-5H2,1-3H3. The molecular formula is C19H36N2O2. The molecule has 1 heterocycles. The number of carbonyl (C=O) groups is 1. The maximum Gasteiger partial charge on any atom is 0.254 e. The second kappa shape index (κ2) is 7.98. The minimum absolute atomic E-state index is 0.0126. The summed E-state index contributed by atoms with van der Waals surface area (Å²) in [5.41, 5.74) is -0.371. The van der Waals surface area contributed by atoms with Crippen LogP contribution in [0.2, 0.25) is 0 Å². The largest absolute Gasteiger partial charge is 0.357 e. The summed E-state index contributed by atoms with van der Waals surface area (Å²) in [6.45, 7) is 9.37. The summed E-state index contributed by atoms with van der Waals surface area (Å²) in [5, 5.41) is 3.10. The SMILES string of the molecule is CCN1CC2(CCCCC2)OC2(CC2)C1=O.CNCCC(C)C. The number of ether oxygens (including phenoxy) is 1. The number of nitrogens with one attached hydrogen (secondary N) is 1. The molecule has 1 amide bonds. The molecule has 1 aliphatic heterocycles. The van der Waals surface area contributed by atoms with Crippen molar-refractivity contribution < 1.29 is 9.53 Å². The minimum atomic E-state index is -0.383. The Bertz CT molecular complexity index is 385. The second-order valence-corrected chi connectivity index (χ2v) is 7.95. The number of rotatable bonds is 4. The maximum absolute atomic E-state index is 12.2. The van der Waals surface area contributed by atoms with Gasteiger partial charge in [-0.2, -0.15) is 0 Å². The highest BCUT2D eigenvalue weighted by atomic mass is 16.5. The van der Waals surface area contributed by atoms with E-state index in [1.54, 1.807) is 0 Å². The molecule has 1 N–H and O–H groups in total. The Hall–Kier alpha value is -0.610. The Morgan fingerprint density at radius 3 is 2.26 bits per heavy atom. The molecular weight excluding hydrogens is 288 g/mol. The van der Waals surface area contributed by atoms with E-state index < -0.39 is 0 Å². The first kappa shape index (κ1) is 18.7. The van der Waals surface area contributed by atoms with E-state index in [1.165, 1.54) is 25.7 Å². The van der Waals surface area contributed by atoms with Crippen LogP contribution in [0.4, 0.5) is 0 Å². The van der Waals surface area contributed by atoms with Crippen LogP contribution in [-0.4, -0.2) is 48.7 Å². The first-order chi connectivity index (χ1) is 11.0. The number of morpholine rings is 1. The molecule has 0 radical (unpaired) electrons. The Balaban J connectivity index is 0.000000236. The molecule has 0 aromatic heterocycles. The molecule has 2 spiro atoms. The average Bonchev–Trinajstić information content (AvgIpc) is 3.30. The summed E-state index contributed by atoms with van der Waals surface area (Å²) in [5.74, 6) is 1.10. The van der Waals surface area contributed by atoms with Gasteiger partial charge in [0.15, 0.2) is 0 Å². The Kier molecular flexibility index (Phi) is 6.49. The second-order valence-electron chi connectivity index (χ2n) is 7.95. The number of hydrogen-bond donors (Lipinski definition) is 1. The van der Waals surface area contributed by atoms with Crippen molar-refractivity contribution in [2.24, 2.45) is 5.92 Å². The fourth-order valence-corrected chi connectivity index (χ4v) is 3.77. The molecule has 2 saturated carbocycles. The number of likely N-dealkylation sites (N-methyl/N-ethyl adjacent to an activating group) is 1. The first-order valence-corrected chi connectivity index (χ1v) is 9.61. The summed E-state index contributed by atoms with van der Waals surface area (Å²) in [6.07, 6.45) is 9.35. The number of hydrogen-bond acceptors (Lipinski definition) is 3. The molecule has 3 rings (SSSR count). The highest BCUT2D eigenvalue weighted by Gasteiger charge is 2.61. The van der Waals surface area contributed by atoms with E-state index in [1.807, 2.05) is 11.9 Å². The third kappa shape index (κ3) is 4.69. The van der Waals surface area contributed by atoms with Gasteiger partial charge in [-0.15, -0.1) is 0 Å². The van der Waals surface area contributed by atoms with Crippen molar-refractivity contribution in [2.45, 2.75) is 83.3 Å². The first-order valence-electron chi connectivity index (χ1n) is 9.61. The third-order valence-corrected chi connectivity index (χ3v) is 5.39. The molecule has 3 fully saturated rings. The maximum atomic E-state index is 12.2. The average molecular weight is 325 g/mol. The smallest absolute Gasteiger partial charge is 0.254 e. The zero-order valence-electron chi connectivity index (χ0n) is 15.6. The van der Waals surface area contributed by atoms with Crippen LogP contribution in [0.3, 0.4) is 0 Å². The lowest BCUT2D eigenvalue weighted by atomic mass is 9.82. The highest BCUT2D eigenvalue weighted by molar-refractivity contribution is 5.89. The van der Waals surface area contributed by atoms with Gasteiger partial charge >= 0.3 is 0 Å². The van der Waals surface area contributed by atoms with Gasteiger partial charge in [0.05, 0.1) is 5.60 Å². The van der Waals surface area contributed by atoms with Crippen LogP contribution in [0.25, 0.3) is 0 Å². The van der Waals surface area contributed by atoms with Crippen molar-refractivity contribution in [3.63, 3.8) is 0 Å². The molecule has 0 atom stereocenters. The Labute approximate surface area is 142 Å². The van der Waals surface area contributed by atoms with Crippen LogP contribution in [0.1, 0.15) is 72.1 Å². The number of nitrogens with zero attached hydrogens (tertiary/aromatic N) is 1. The summed E-state index contributed by atoms with van der Waals surface area (Å²) in [7, 11) is 1.99. The van der Waals surface area contributed by atoms with Crippen molar-refractivity contribution in [1.29, 1.82) is 0 Å². The van der Waals surface area contributed by atoms with E-state index in [2.05, 4.69) is 26.1 Å². The molecule has 0 aromatic rings. The fraction of sp³-hybridized carbons (Fsp3) is 0.947. The van der Waals surface area contributed by atoms with E-state index >= 15 is 0 Å². The van der Waals surface area contributed by atoms with Crippen molar-refractivity contribution in [3.05, 3.63) is 0 Å². The predicted molar refractivity (Wildman–Crippen MR) is 94.5 cm³/mol. The van der Waals surface area contributed by atoms with Crippen molar-refractivity contribution in [1.82, 2.24) is 10.2 Å². The minimum Gasteiger partial charge on any atom is -0.357 e. The van der Waals surface area contributed by atoms with Crippen LogP contribution in [-0.2, 0) is 9.53 Å². The lowest BCUT2D eigenvalue weighted by molar-refractivity contribution is -0.197. The summed E-state index contributed by atoms with van der Waals surface area (Å²) in [4.78, 5) is 14.2. The van der Waals surface area contributed by atoms with Gasteiger partial charge < -0.3 is 15.0 Å². The van der Waals surface area contributed by atoms with Gasteiger partial charge in [-0.3, -0.25) is 4.79 Å². The quantitative estimate of drug-likeness (QED) is 0.862. The van der Waals surface area contributed by atoms with Gasteiger partial charge in [0.2, 0.25) is 0 Å². The van der Waals surface area contributed by atoms with E-state index in [4.69, 9.17) is 4.74 Å². The molecule has 23 heavy (non-hydrogen) atoms. The molecule has 4 nitrogen and oxygen atoms in total. The van der Waals surface area contributed by atoms with Gasteiger partial charge in [0.1, 0.15) is 5.60 Å². The Morgan fingerprint density at radius 1 is 1.17 bits per heavy atom. The van der Waals surface area contributed by atoms with Crippen LogP contribution < -0.4 is 5.32 Å². The Morgan fingerprint density at radius 2 is 1.83 bits per heavy atom. The van der Waals surface area contributed by atoms with Gasteiger partial charge in [0.25, 0.3) is 5.91 Å². The third-order valence-electron chi connectivity index (χ3n) is 5.39. The predicted octanol–water partition coefficient (Wildman–Crippen LogP) is 3.35. The monoisotopic (exact) mass is 324 g/mol. The zero-order chi connectivity index (χ0) is 16.9. The lowest BCUT2D eigenvalue weighted by Crippen LogP contribution is -2.60. The van der Waals surface area contributed by atoms with E-state index in [0.717, 1.165) is 51.2 Å².